The predicted molar refractivity (Wildman–Crippen MR) is 107 cm³/mol. The maximum absolute atomic E-state index is 6.26. The number of hydrogen-bond donors (Lipinski definition) is 1. The van der Waals surface area contributed by atoms with E-state index in [1.807, 2.05) is 30.3 Å². The summed E-state index contributed by atoms with van der Waals surface area (Å²) < 4.78 is 11.5. The van der Waals surface area contributed by atoms with Gasteiger partial charge in [0, 0.05) is 13.7 Å². The molecule has 0 unspecified atom stereocenters. The van der Waals surface area contributed by atoms with E-state index in [0.29, 0.717) is 11.8 Å². The van der Waals surface area contributed by atoms with Crippen molar-refractivity contribution in [2.75, 3.05) is 26.8 Å². The number of ether oxygens (including phenoxy) is 2. The summed E-state index contributed by atoms with van der Waals surface area (Å²) in [4.78, 5) is 0. The summed E-state index contributed by atoms with van der Waals surface area (Å²) in [5.74, 6) is 3.10. The number of piperidine rings is 1. The van der Waals surface area contributed by atoms with Gasteiger partial charge in [0.15, 0.2) is 0 Å². The first-order valence-electron chi connectivity index (χ1n) is 9.90. The second-order valence-electron chi connectivity index (χ2n) is 7.15. The topological polar surface area (TPSA) is 30.5 Å². The first-order valence-corrected chi connectivity index (χ1v) is 9.90. The number of unbranched alkanes of at least 4 members (excludes halogenated alkanes) is 1. The predicted octanol–water partition coefficient (Wildman–Crippen LogP) is 5.38. The first-order chi connectivity index (χ1) is 12.9. The van der Waals surface area contributed by atoms with Crippen LogP contribution in [0, 0.1) is 5.92 Å². The molecule has 0 amide bonds. The monoisotopic (exact) mass is 353 g/mol. The van der Waals surface area contributed by atoms with Crippen molar-refractivity contribution in [3.8, 4) is 11.5 Å². The summed E-state index contributed by atoms with van der Waals surface area (Å²) in [5, 5.41) is 3.59. The molecule has 3 rings (SSSR count). The zero-order valence-corrected chi connectivity index (χ0v) is 15.8. The van der Waals surface area contributed by atoms with Crippen molar-refractivity contribution in [1.82, 2.24) is 5.32 Å². The Morgan fingerprint density at radius 1 is 1.04 bits per heavy atom. The van der Waals surface area contributed by atoms with Gasteiger partial charge in [0.2, 0.25) is 0 Å². The van der Waals surface area contributed by atoms with E-state index >= 15 is 0 Å². The number of nitrogens with one attached hydrogen (secondary N) is 1. The van der Waals surface area contributed by atoms with Gasteiger partial charge in [0.1, 0.15) is 11.5 Å². The quantitative estimate of drug-likeness (QED) is 0.614. The Bertz CT molecular complexity index is 638. The zero-order valence-electron chi connectivity index (χ0n) is 15.8. The molecule has 0 saturated carbocycles. The van der Waals surface area contributed by atoms with Gasteiger partial charge in [-0.25, -0.2) is 0 Å². The van der Waals surface area contributed by atoms with Crippen molar-refractivity contribution in [3.63, 3.8) is 0 Å². The third-order valence-corrected chi connectivity index (χ3v) is 5.31. The highest BCUT2D eigenvalue weighted by Gasteiger charge is 2.27. The number of hydrogen-bond acceptors (Lipinski definition) is 3. The highest BCUT2D eigenvalue weighted by atomic mass is 16.5. The van der Waals surface area contributed by atoms with Gasteiger partial charge in [-0.15, -0.1) is 0 Å². The largest absolute Gasteiger partial charge is 0.457 e. The molecule has 1 fully saturated rings. The van der Waals surface area contributed by atoms with Crippen LogP contribution in [0.4, 0.5) is 0 Å². The van der Waals surface area contributed by atoms with Crippen LogP contribution in [0.5, 0.6) is 11.5 Å². The van der Waals surface area contributed by atoms with E-state index in [1.54, 1.807) is 7.11 Å². The molecule has 1 aliphatic heterocycles. The molecule has 2 aromatic carbocycles. The Hall–Kier alpha value is -1.84. The van der Waals surface area contributed by atoms with Gasteiger partial charge in [0.25, 0.3) is 0 Å². The van der Waals surface area contributed by atoms with Crippen molar-refractivity contribution >= 4 is 0 Å². The normalized spacial score (nSPS) is 18.4. The minimum absolute atomic E-state index is 0.527. The second-order valence-corrected chi connectivity index (χ2v) is 7.15. The van der Waals surface area contributed by atoms with Gasteiger partial charge in [0.05, 0.1) is 0 Å². The molecule has 26 heavy (non-hydrogen) atoms. The van der Waals surface area contributed by atoms with Gasteiger partial charge in [-0.2, -0.15) is 0 Å². The summed E-state index contributed by atoms with van der Waals surface area (Å²) in [6.07, 6.45) is 6.05. The number of benzene rings is 2. The van der Waals surface area contributed by atoms with Crippen LogP contribution in [0.3, 0.4) is 0 Å². The van der Waals surface area contributed by atoms with Gasteiger partial charge in [-0.05, 0) is 74.4 Å². The van der Waals surface area contributed by atoms with Crippen LogP contribution < -0.4 is 10.1 Å². The maximum atomic E-state index is 6.26. The smallest absolute Gasteiger partial charge is 0.130 e. The fraction of sp³-hybridized carbons (Fsp3) is 0.478. The molecular formula is C23H31NO2. The molecule has 0 aliphatic carbocycles. The molecule has 0 bridgehead atoms. The van der Waals surface area contributed by atoms with E-state index in [1.165, 1.54) is 31.2 Å². The Morgan fingerprint density at radius 2 is 1.85 bits per heavy atom. The lowest BCUT2D eigenvalue weighted by Crippen LogP contribution is -2.33. The van der Waals surface area contributed by atoms with E-state index in [-0.39, 0.29) is 0 Å². The summed E-state index contributed by atoms with van der Waals surface area (Å²) >= 11 is 0. The van der Waals surface area contributed by atoms with Gasteiger partial charge in [-0.3, -0.25) is 0 Å². The molecular weight excluding hydrogens is 322 g/mol. The Labute approximate surface area is 157 Å². The SMILES string of the molecule is COCCCC[C@H](c1ccccc1Oc1ccccc1)[C@H]1CCCNC1. The fourth-order valence-corrected chi connectivity index (χ4v) is 3.97. The lowest BCUT2D eigenvalue weighted by Gasteiger charge is -2.32. The molecule has 0 radical (unpaired) electrons. The number of rotatable bonds is 9. The minimum atomic E-state index is 0.527. The van der Waals surface area contributed by atoms with Crippen LogP contribution in [0.1, 0.15) is 43.6 Å². The molecule has 1 saturated heterocycles. The Balaban J connectivity index is 1.80. The molecule has 0 spiro atoms. The molecule has 3 nitrogen and oxygen atoms in total. The van der Waals surface area contributed by atoms with Crippen molar-refractivity contribution in [3.05, 3.63) is 60.2 Å². The zero-order chi connectivity index (χ0) is 18.0. The van der Waals surface area contributed by atoms with Crippen LogP contribution in [0.25, 0.3) is 0 Å². The average molecular weight is 354 g/mol. The number of methoxy groups -OCH3 is 1. The number of para-hydroxylation sites is 2. The fourth-order valence-electron chi connectivity index (χ4n) is 3.97. The van der Waals surface area contributed by atoms with E-state index in [9.17, 15) is 0 Å². The maximum Gasteiger partial charge on any atom is 0.130 e. The van der Waals surface area contributed by atoms with E-state index in [4.69, 9.17) is 9.47 Å². The van der Waals surface area contributed by atoms with Crippen molar-refractivity contribution < 1.29 is 9.47 Å². The van der Waals surface area contributed by atoms with Crippen LogP contribution in [0.2, 0.25) is 0 Å². The van der Waals surface area contributed by atoms with Crippen molar-refractivity contribution in [2.45, 2.75) is 38.0 Å². The van der Waals surface area contributed by atoms with Crippen LogP contribution >= 0.6 is 0 Å². The highest BCUT2D eigenvalue weighted by molar-refractivity contribution is 5.40. The average Bonchev–Trinajstić information content (AvgIpc) is 2.70. The second kappa shape index (κ2) is 10.3. The van der Waals surface area contributed by atoms with E-state index in [0.717, 1.165) is 37.6 Å². The lowest BCUT2D eigenvalue weighted by molar-refractivity contribution is 0.189. The third-order valence-electron chi connectivity index (χ3n) is 5.31. The summed E-state index contributed by atoms with van der Waals surface area (Å²) in [6.45, 7) is 3.10. The van der Waals surface area contributed by atoms with E-state index < -0.39 is 0 Å². The van der Waals surface area contributed by atoms with Crippen molar-refractivity contribution in [2.24, 2.45) is 5.92 Å². The minimum Gasteiger partial charge on any atom is -0.457 e. The van der Waals surface area contributed by atoms with Gasteiger partial charge >= 0.3 is 0 Å². The van der Waals surface area contributed by atoms with Crippen LogP contribution in [-0.2, 0) is 4.74 Å². The third kappa shape index (κ3) is 5.33. The summed E-state index contributed by atoms with van der Waals surface area (Å²) in [6, 6.07) is 18.7. The molecule has 140 valence electrons. The molecule has 0 aromatic heterocycles. The molecule has 3 heteroatoms. The molecule has 1 N–H and O–H groups in total. The standard InChI is InChI=1S/C23H31NO2/c1-25-17-8-7-13-21(19-10-9-16-24-18-19)22-14-5-6-15-23(22)26-20-11-3-2-4-12-20/h2-6,11-12,14-15,19,21,24H,7-10,13,16-18H2,1H3/t19-,21-/m0/s1. The molecule has 2 aromatic rings. The Morgan fingerprint density at radius 3 is 2.62 bits per heavy atom. The highest BCUT2D eigenvalue weighted by Crippen LogP contribution is 2.39. The van der Waals surface area contributed by atoms with Gasteiger partial charge < -0.3 is 14.8 Å². The van der Waals surface area contributed by atoms with Crippen LogP contribution in [0.15, 0.2) is 54.6 Å². The first kappa shape index (κ1) is 18.9. The Kier molecular flexibility index (Phi) is 7.53. The molecule has 1 aliphatic rings. The summed E-state index contributed by atoms with van der Waals surface area (Å²) in [7, 11) is 1.78. The van der Waals surface area contributed by atoms with Gasteiger partial charge in [-0.1, -0.05) is 42.8 Å². The molecule has 1 heterocycles. The van der Waals surface area contributed by atoms with E-state index in [2.05, 4.69) is 29.6 Å². The molecule has 2 atom stereocenters. The van der Waals surface area contributed by atoms with Crippen molar-refractivity contribution in [1.29, 1.82) is 0 Å². The summed E-state index contributed by atoms with van der Waals surface area (Å²) in [5.41, 5.74) is 1.35. The lowest BCUT2D eigenvalue weighted by atomic mass is 9.78. The van der Waals surface area contributed by atoms with Crippen LogP contribution in [-0.4, -0.2) is 26.8 Å².